The lowest BCUT2D eigenvalue weighted by atomic mass is 9.99. The fourth-order valence-electron chi connectivity index (χ4n) is 2.02. The maximum atomic E-state index is 11.3. The molecule has 1 unspecified atom stereocenters. The molecule has 1 amide bonds. The Morgan fingerprint density at radius 2 is 2.33 bits per heavy atom. The van der Waals surface area contributed by atoms with Crippen LogP contribution in [0, 0.1) is 0 Å². The summed E-state index contributed by atoms with van der Waals surface area (Å²) in [5.74, 6) is 0.184. The molecule has 3 nitrogen and oxygen atoms in total. The van der Waals surface area contributed by atoms with Gasteiger partial charge in [0.25, 0.3) is 0 Å². The highest BCUT2D eigenvalue weighted by molar-refractivity contribution is 5.74. The van der Waals surface area contributed by atoms with Crippen LogP contribution >= 0.6 is 0 Å². The first kappa shape index (κ1) is 9.52. The minimum Gasteiger partial charge on any atom is -0.336 e. The molecular weight excluding hydrogens is 152 g/mol. The van der Waals surface area contributed by atoms with Gasteiger partial charge in [-0.15, -0.1) is 0 Å². The maximum Gasteiger partial charge on any atom is 0.219 e. The topological polar surface area (TPSA) is 32.3 Å². The molecule has 1 aliphatic heterocycles. The van der Waals surface area contributed by atoms with Crippen LogP contribution in [0.3, 0.4) is 0 Å². The van der Waals surface area contributed by atoms with E-state index in [2.05, 4.69) is 12.2 Å². The van der Waals surface area contributed by atoms with Gasteiger partial charge in [-0.25, -0.2) is 0 Å². The molecule has 12 heavy (non-hydrogen) atoms. The zero-order valence-corrected chi connectivity index (χ0v) is 8.18. The lowest BCUT2D eigenvalue weighted by molar-refractivity contribution is -0.133. The summed E-state index contributed by atoms with van der Waals surface area (Å²) in [5, 5.41) is 3.29. The fraction of sp³-hybridized carbons (Fsp3) is 0.889. The average molecular weight is 170 g/mol. The molecule has 0 aliphatic carbocycles. The molecule has 3 heteroatoms. The van der Waals surface area contributed by atoms with Gasteiger partial charge >= 0.3 is 0 Å². The standard InChI is InChI=1S/C9H18N2O/c1-4-11(8(2)12)9(3)5-6-10-7-9/h10H,4-7H2,1-3H3. The number of carbonyl (C=O) groups is 1. The smallest absolute Gasteiger partial charge is 0.219 e. The molecule has 1 aliphatic rings. The quantitative estimate of drug-likeness (QED) is 0.658. The molecule has 0 bridgehead atoms. The van der Waals surface area contributed by atoms with Gasteiger partial charge in [0.1, 0.15) is 0 Å². The number of rotatable bonds is 2. The van der Waals surface area contributed by atoms with Crippen molar-refractivity contribution in [3.63, 3.8) is 0 Å². The molecule has 0 spiro atoms. The monoisotopic (exact) mass is 170 g/mol. The molecule has 0 saturated carbocycles. The summed E-state index contributed by atoms with van der Waals surface area (Å²) < 4.78 is 0. The second-order valence-corrected chi connectivity index (χ2v) is 3.69. The second kappa shape index (κ2) is 3.44. The van der Waals surface area contributed by atoms with E-state index in [-0.39, 0.29) is 11.4 Å². The van der Waals surface area contributed by atoms with E-state index in [0.29, 0.717) is 0 Å². The zero-order chi connectivity index (χ0) is 9.19. The first-order valence-electron chi connectivity index (χ1n) is 4.59. The molecule has 1 atom stereocenters. The van der Waals surface area contributed by atoms with Crippen molar-refractivity contribution in [2.24, 2.45) is 0 Å². The van der Waals surface area contributed by atoms with Crippen molar-refractivity contribution in [2.45, 2.75) is 32.7 Å². The summed E-state index contributed by atoms with van der Waals surface area (Å²) in [6, 6.07) is 0. The Balaban J connectivity index is 2.69. The molecule has 70 valence electrons. The Morgan fingerprint density at radius 1 is 1.67 bits per heavy atom. The van der Waals surface area contributed by atoms with Crippen molar-refractivity contribution in [1.29, 1.82) is 0 Å². The van der Waals surface area contributed by atoms with Crippen molar-refractivity contribution >= 4 is 5.91 Å². The summed E-state index contributed by atoms with van der Waals surface area (Å²) in [5.41, 5.74) is 0.0561. The lowest BCUT2D eigenvalue weighted by Crippen LogP contribution is -2.50. The third kappa shape index (κ3) is 1.61. The van der Waals surface area contributed by atoms with Crippen LogP contribution in [0.4, 0.5) is 0 Å². The van der Waals surface area contributed by atoms with Gasteiger partial charge in [0, 0.05) is 20.0 Å². The Morgan fingerprint density at radius 3 is 2.67 bits per heavy atom. The van der Waals surface area contributed by atoms with Crippen LogP contribution < -0.4 is 5.32 Å². The maximum absolute atomic E-state index is 11.3. The first-order chi connectivity index (χ1) is 5.60. The summed E-state index contributed by atoms with van der Waals surface area (Å²) in [7, 11) is 0. The largest absolute Gasteiger partial charge is 0.336 e. The molecule has 0 radical (unpaired) electrons. The van der Waals surface area contributed by atoms with Gasteiger partial charge in [-0.1, -0.05) is 0 Å². The number of hydrogen-bond acceptors (Lipinski definition) is 2. The van der Waals surface area contributed by atoms with Crippen LogP contribution in [0.5, 0.6) is 0 Å². The van der Waals surface area contributed by atoms with E-state index in [0.717, 1.165) is 26.1 Å². The lowest BCUT2D eigenvalue weighted by Gasteiger charge is -2.36. The Labute approximate surface area is 74.1 Å². The summed E-state index contributed by atoms with van der Waals surface area (Å²) >= 11 is 0. The number of likely N-dealkylation sites (N-methyl/N-ethyl adjacent to an activating group) is 1. The normalized spacial score (nSPS) is 28.9. The molecule has 0 aromatic heterocycles. The fourth-order valence-corrected chi connectivity index (χ4v) is 2.02. The number of hydrogen-bond donors (Lipinski definition) is 1. The van der Waals surface area contributed by atoms with Crippen molar-refractivity contribution < 1.29 is 4.79 Å². The van der Waals surface area contributed by atoms with E-state index < -0.39 is 0 Å². The van der Waals surface area contributed by atoms with Crippen LogP contribution in [-0.2, 0) is 4.79 Å². The van der Waals surface area contributed by atoms with Gasteiger partial charge in [-0.05, 0) is 26.8 Å². The highest BCUT2D eigenvalue weighted by Gasteiger charge is 2.35. The third-order valence-electron chi connectivity index (χ3n) is 2.69. The van der Waals surface area contributed by atoms with Crippen molar-refractivity contribution in [2.75, 3.05) is 19.6 Å². The van der Waals surface area contributed by atoms with Crippen LogP contribution in [-0.4, -0.2) is 36.0 Å². The number of amides is 1. The number of nitrogens with one attached hydrogen (secondary N) is 1. The van der Waals surface area contributed by atoms with Gasteiger partial charge in [0.15, 0.2) is 0 Å². The van der Waals surface area contributed by atoms with E-state index in [1.54, 1.807) is 6.92 Å². The molecule has 1 heterocycles. The van der Waals surface area contributed by atoms with E-state index in [4.69, 9.17) is 0 Å². The van der Waals surface area contributed by atoms with Gasteiger partial charge < -0.3 is 10.2 Å². The molecule has 1 N–H and O–H groups in total. The summed E-state index contributed by atoms with van der Waals surface area (Å²) in [6.07, 6.45) is 1.07. The third-order valence-corrected chi connectivity index (χ3v) is 2.69. The van der Waals surface area contributed by atoms with E-state index in [1.807, 2.05) is 11.8 Å². The van der Waals surface area contributed by atoms with Gasteiger partial charge in [0.05, 0.1) is 5.54 Å². The van der Waals surface area contributed by atoms with Crippen molar-refractivity contribution in [3.8, 4) is 0 Å². The summed E-state index contributed by atoms with van der Waals surface area (Å²) in [6.45, 7) is 8.60. The van der Waals surface area contributed by atoms with Crippen LogP contribution in [0.25, 0.3) is 0 Å². The molecule has 1 rings (SSSR count). The Bertz CT molecular complexity index is 173. The van der Waals surface area contributed by atoms with Crippen molar-refractivity contribution in [1.82, 2.24) is 10.2 Å². The molecular formula is C9H18N2O. The summed E-state index contributed by atoms with van der Waals surface area (Å²) in [4.78, 5) is 13.2. The second-order valence-electron chi connectivity index (χ2n) is 3.69. The highest BCUT2D eigenvalue weighted by atomic mass is 16.2. The Kier molecular flexibility index (Phi) is 2.73. The van der Waals surface area contributed by atoms with Crippen LogP contribution in [0.1, 0.15) is 27.2 Å². The highest BCUT2D eigenvalue weighted by Crippen LogP contribution is 2.22. The van der Waals surface area contributed by atoms with Gasteiger partial charge in [-0.2, -0.15) is 0 Å². The van der Waals surface area contributed by atoms with E-state index in [1.165, 1.54) is 0 Å². The van der Waals surface area contributed by atoms with Crippen molar-refractivity contribution in [3.05, 3.63) is 0 Å². The predicted octanol–water partition coefficient (Wildman–Crippen LogP) is 0.607. The first-order valence-corrected chi connectivity index (χ1v) is 4.59. The number of carbonyl (C=O) groups excluding carboxylic acids is 1. The molecule has 0 aromatic rings. The predicted molar refractivity (Wildman–Crippen MR) is 49.0 cm³/mol. The minimum atomic E-state index is 0.0561. The van der Waals surface area contributed by atoms with Crippen LogP contribution in [0.15, 0.2) is 0 Å². The van der Waals surface area contributed by atoms with Crippen LogP contribution in [0.2, 0.25) is 0 Å². The molecule has 1 fully saturated rings. The number of nitrogens with zero attached hydrogens (tertiary/aromatic N) is 1. The minimum absolute atomic E-state index is 0.0561. The average Bonchev–Trinajstić information content (AvgIpc) is 2.37. The van der Waals surface area contributed by atoms with Gasteiger partial charge in [0.2, 0.25) is 5.91 Å². The van der Waals surface area contributed by atoms with Gasteiger partial charge in [-0.3, -0.25) is 4.79 Å². The Hall–Kier alpha value is -0.570. The van der Waals surface area contributed by atoms with E-state index >= 15 is 0 Å². The van der Waals surface area contributed by atoms with E-state index in [9.17, 15) is 4.79 Å². The zero-order valence-electron chi connectivity index (χ0n) is 8.18. The molecule has 0 aromatic carbocycles. The molecule has 1 saturated heterocycles. The SMILES string of the molecule is CCN(C(C)=O)C1(C)CCNC1.